The minimum atomic E-state index is 0.0514. The molecule has 2 aromatic rings. The summed E-state index contributed by atoms with van der Waals surface area (Å²) < 4.78 is 0. The highest BCUT2D eigenvalue weighted by molar-refractivity contribution is 5.94. The molecule has 2 fully saturated rings. The molecule has 0 aliphatic carbocycles. The van der Waals surface area contributed by atoms with Crippen LogP contribution < -0.4 is 10.2 Å². The number of amides is 1. The fraction of sp³-hybridized carbons (Fsp3) is 0.455. The topological polar surface area (TPSA) is 48.5 Å². The first-order valence-electron chi connectivity index (χ1n) is 10.0. The van der Waals surface area contributed by atoms with Crippen LogP contribution in [0, 0.1) is 0 Å². The van der Waals surface area contributed by atoms with Gasteiger partial charge in [-0.1, -0.05) is 0 Å². The first-order chi connectivity index (χ1) is 13.3. The van der Waals surface area contributed by atoms with Crippen LogP contribution in [0.2, 0.25) is 0 Å². The maximum absolute atomic E-state index is 12.6. The Kier molecular flexibility index (Phi) is 5.68. The lowest BCUT2D eigenvalue weighted by atomic mass is 10.0. The number of anilines is 1. The molecule has 0 unspecified atom stereocenters. The van der Waals surface area contributed by atoms with E-state index in [2.05, 4.69) is 44.4 Å². The summed E-state index contributed by atoms with van der Waals surface area (Å²) in [7, 11) is 0. The van der Waals surface area contributed by atoms with Crippen LogP contribution in [-0.4, -0.2) is 48.0 Å². The molecular weight excluding hydrogens is 336 g/mol. The van der Waals surface area contributed by atoms with Gasteiger partial charge in [-0.2, -0.15) is 0 Å². The molecule has 0 saturated carbocycles. The third kappa shape index (κ3) is 4.66. The Balaban J connectivity index is 1.25. The number of nitrogens with one attached hydrogen (secondary N) is 1. The maximum atomic E-state index is 12.6. The van der Waals surface area contributed by atoms with E-state index in [1.54, 1.807) is 0 Å². The lowest BCUT2D eigenvalue weighted by Crippen LogP contribution is -2.44. The normalized spacial score (nSPS) is 18.6. The van der Waals surface area contributed by atoms with Gasteiger partial charge in [0.05, 0.1) is 0 Å². The zero-order valence-corrected chi connectivity index (χ0v) is 15.8. The maximum Gasteiger partial charge on any atom is 0.251 e. The Morgan fingerprint density at radius 1 is 0.963 bits per heavy atom. The summed E-state index contributed by atoms with van der Waals surface area (Å²) in [6, 6.07) is 12.5. The van der Waals surface area contributed by atoms with Gasteiger partial charge in [0.1, 0.15) is 0 Å². The van der Waals surface area contributed by atoms with Crippen molar-refractivity contribution < 1.29 is 4.79 Å². The Bertz CT molecular complexity index is 733. The average molecular weight is 364 g/mol. The zero-order valence-electron chi connectivity index (χ0n) is 15.8. The van der Waals surface area contributed by atoms with E-state index in [0.717, 1.165) is 51.1 Å². The molecule has 1 aromatic carbocycles. The molecule has 1 N–H and O–H groups in total. The van der Waals surface area contributed by atoms with Gasteiger partial charge in [0, 0.05) is 62.4 Å². The number of carbonyl (C=O) groups is 1. The van der Waals surface area contributed by atoms with Crippen LogP contribution in [0.1, 0.15) is 41.6 Å². The van der Waals surface area contributed by atoms with E-state index >= 15 is 0 Å². The van der Waals surface area contributed by atoms with Crippen LogP contribution in [0.25, 0.3) is 0 Å². The van der Waals surface area contributed by atoms with E-state index in [1.165, 1.54) is 24.1 Å². The molecule has 5 heteroatoms. The average Bonchev–Trinajstić information content (AvgIpc) is 3.25. The van der Waals surface area contributed by atoms with Crippen molar-refractivity contribution in [2.75, 3.05) is 31.1 Å². The number of nitrogens with zero attached hydrogens (tertiary/aromatic N) is 3. The molecule has 2 aliphatic heterocycles. The monoisotopic (exact) mass is 364 g/mol. The summed E-state index contributed by atoms with van der Waals surface area (Å²) in [5.74, 6) is 0.0514. The predicted octanol–water partition coefficient (Wildman–Crippen LogP) is 3.08. The fourth-order valence-corrected chi connectivity index (χ4v) is 4.05. The molecule has 0 radical (unpaired) electrons. The van der Waals surface area contributed by atoms with Gasteiger partial charge in [0.25, 0.3) is 5.91 Å². The molecular formula is C22H28N4O. The number of rotatable bonds is 5. The first kappa shape index (κ1) is 18.0. The van der Waals surface area contributed by atoms with E-state index in [1.807, 2.05) is 24.5 Å². The van der Waals surface area contributed by atoms with E-state index in [9.17, 15) is 4.79 Å². The first-order valence-corrected chi connectivity index (χ1v) is 10.0. The number of pyridine rings is 1. The van der Waals surface area contributed by atoms with Crippen molar-refractivity contribution >= 4 is 11.6 Å². The number of likely N-dealkylation sites (tertiary alicyclic amines) is 1. The minimum absolute atomic E-state index is 0.0514. The quantitative estimate of drug-likeness (QED) is 0.886. The van der Waals surface area contributed by atoms with Crippen molar-refractivity contribution in [2.45, 2.75) is 38.3 Å². The number of carbonyl (C=O) groups excluding carboxylic acids is 1. The van der Waals surface area contributed by atoms with Crippen molar-refractivity contribution in [1.82, 2.24) is 15.2 Å². The van der Waals surface area contributed by atoms with Gasteiger partial charge in [-0.3, -0.25) is 14.7 Å². The molecule has 142 valence electrons. The van der Waals surface area contributed by atoms with Gasteiger partial charge in [0.2, 0.25) is 0 Å². The third-order valence-corrected chi connectivity index (χ3v) is 5.68. The molecule has 27 heavy (non-hydrogen) atoms. The van der Waals surface area contributed by atoms with Crippen molar-refractivity contribution in [1.29, 1.82) is 0 Å². The second-order valence-corrected chi connectivity index (χ2v) is 7.62. The fourth-order valence-electron chi connectivity index (χ4n) is 4.05. The molecule has 2 saturated heterocycles. The lowest BCUT2D eigenvalue weighted by Gasteiger charge is -2.32. The Morgan fingerprint density at radius 3 is 2.30 bits per heavy atom. The number of piperidine rings is 1. The molecule has 1 amide bonds. The highest BCUT2D eigenvalue weighted by Gasteiger charge is 2.21. The van der Waals surface area contributed by atoms with Crippen LogP contribution in [-0.2, 0) is 6.54 Å². The van der Waals surface area contributed by atoms with Crippen molar-refractivity contribution in [3.8, 4) is 0 Å². The molecule has 4 rings (SSSR count). The van der Waals surface area contributed by atoms with Gasteiger partial charge < -0.3 is 10.2 Å². The number of hydrogen-bond acceptors (Lipinski definition) is 4. The van der Waals surface area contributed by atoms with Crippen molar-refractivity contribution in [3.63, 3.8) is 0 Å². The zero-order chi connectivity index (χ0) is 18.5. The van der Waals surface area contributed by atoms with Crippen molar-refractivity contribution in [3.05, 3.63) is 59.9 Å². The van der Waals surface area contributed by atoms with Gasteiger partial charge in [-0.25, -0.2) is 0 Å². The summed E-state index contributed by atoms with van der Waals surface area (Å²) in [6.07, 6.45) is 8.23. The summed E-state index contributed by atoms with van der Waals surface area (Å²) in [4.78, 5) is 21.5. The van der Waals surface area contributed by atoms with Crippen LogP contribution in [0.3, 0.4) is 0 Å². The van der Waals surface area contributed by atoms with Crippen molar-refractivity contribution in [2.24, 2.45) is 0 Å². The molecule has 5 nitrogen and oxygen atoms in total. The van der Waals surface area contributed by atoms with E-state index < -0.39 is 0 Å². The summed E-state index contributed by atoms with van der Waals surface area (Å²) in [5.41, 5.74) is 3.29. The molecule has 2 aliphatic rings. The number of hydrogen-bond donors (Lipinski definition) is 1. The van der Waals surface area contributed by atoms with E-state index in [4.69, 9.17) is 0 Å². The van der Waals surface area contributed by atoms with Gasteiger partial charge in [-0.05, 0) is 67.6 Å². The van der Waals surface area contributed by atoms with Gasteiger partial charge in [-0.15, -0.1) is 0 Å². The highest BCUT2D eigenvalue weighted by atomic mass is 16.1. The molecule has 0 spiro atoms. The molecule has 0 bridgehead atoms. The second kappa shape index (κ2) is 8.53. The van der Waals surface area contributed by atoms with Crippen LogP contribution >= 0.6 is 0 Å². The third-order valence-electron chi connectivity index (χ3n) is 5.68. The Hall–Kier alpha value is -2.40. The lowest BCUT2D eigenvalue weighted by molar-refractivity contribution is 0.0909. The molecule has 0 atom stereocenters. The summed E-state index contributed by atoms with van der Waals surface area (Å²) in [5, 5.41) is 3.22. The second-order valence-electron chi connectivity index (χ2n) is 7.62. The SMILES string of the molecule is O=C(NC1CCN(Cc2ccncc2)CC1)c1ccc(N2CCCC2)cc1. The summed E-state index contributed by atoms with van der Waals surface area (Å²) >= 11 is 0. The number of aromatic nitrogens is 1. The smallest absolute Gasteiger partial charge is 0.251 e. The Morgan fingerprint density at radius 2 is 1.63 bits per heavy atom. The van der Waals surface area contributed by atoms with Crippen LogP contribution in [0.5, 0.6) is 0 Å². The standard InChI is InChI=1S/C22H28N4O/c27-22(19-3-5-21(6-4-19)26-13-1-2-14-26)24-20-9-15-25(16-10-20)17-18-7-11-23-12-8-18/h3-8,11-12,20H,1-2,9-10,13-17H2,(H,24,27). The van der Waals surface area contributed by atoms with Gasteiger partial charge in [0.15, 0.2) is 0 Å². The largest absolute Gasteiger partial charge is 0.372 e. The van der Waals surface area contributed by atoms with E-state index in [0.29, 0.717) is 0 Å². The number of benzene rings is 1. The molecule has 1 aromatic heterocycles. The predicted molar refractivity (Wildman–Crippen MR) is 108 cm³/mol. The van der Waals surface area contributed by atoms with Crippen LogP contribution in [0.15, 0.2) is 48.8 Å². The Labute approximate surface area is 161 Å². The summed E-state index contributed by atoms with van der Waals surface area (Å²) in [6.45, 7) is 5.25. The van der Waals surface area contributed by atoms with E-state index in [-0.39, 0.29) is 11.9 Å². The minimum Gasteiger partial charge on any atom is -0.372 e. The van der Waals surface area contributed by atoms with Gasteiger partial charge >= 0.3 is 0 Å². The molecule has 3 heterocycles. The highest BCUT2D eigenvalue weighted by Crippen LogP contribution is 2.21. The van der Waals surface area contributed by atoms with Crippen LogP contribution in [0.4, 0.5) is 5.69 Å².